The molecule has 0 radical (unpaired) electrons. The van der Waals surface area contributed by atoms with Crippen molar-refractivity contribution in [3.63, 3.8) is 0 Å². The first-order chi connectivity index (χ1) is 9.83. The Balaban J connectivity index is 1.54. The maximum Gasteiger partial charge on any atom is 0.234 e. The number of carbonyl (C=O) groups excluding carboxylic acids is 1. The van der Waals surface area contributed by atoms with E-state index in [1.54, 1.807) is 0 Å². The number of fused-ring (bicyclic) bond motifs is 1. The SMILES string of the molecule is O=C(CN1CCCNCC1)NC1CCc2ccccc21. The molecule has 1 fully saturated rings. The molecule has 2 N–H and O–H groups in total. The van der Waals surface area contributed by atoms with Gasteiger partial charge in [0.2, 0.25) is 5.91 Å². The Morgan fingerprint density at radius 1 is 1.30 bits per heavy atom. The zero-order valence-corrected chi connectivity index (χ0v) is 11.9. The Hall–Kier alpha value is -1.39. The molecular weight excluding hydrogens is 250 g/mol. The van der Waals surface area contributed by atoms with Crippen LogP contribution in [0.2, 0.25) is 0 Å². The van der Waals surface area contributed by atoms with Crippen LogP contribution < -0.4 is 10.6 Å². The second kappa shape index (κ2) is 6.37. The van der Waals surface area contributed by atoms with Crippen molar-refractivity contribution < 1.29 is 4.79 Å². The maximum absolute atomic E-state index is 12.2. The third kappa shape index (κ3) is 3.19. The van der Waals surface area contributed by atoms with Crippen LogP contribution in [0, 0.1) is 0 Å². The summed E-state index contributed by atoms with van der Waals surface area (Å²) in [5.74, 6) is 0.161. The Morgan fingerprint density at radius 3 is 3.15 bits per heavy atom. The molecule has 1 saturated heterocycles. The van der Waals surface area contributed by atoms with Crippen molar-refractivity contribution in [1.29, 1.82) is 0 Å². The molecule has 0 aromatic heterocycles. The fourth-order valence-electron chi connectivity index (χ4n) is 3.21. The van der Waals surface area contributed by atoms with Gasteiger partial charge in [-0.3, -0.25) is 9.69 Å². The predicted molar refractivity (Wildman–Crippen MR) is 79.6 cm³/mol. The van der Waals surface area contributed by atoms with Gasteiger partial charge in [0.15, 0.2) is 0 Å². The minimum atomic E-state index is 0.161. The Kier molecular flexibility index (Phi) is 4.33. The molecule has 1 atom stereocenters. The van der Waals surface area contributed by atoms with Gasteiger partial charge in [0, 0.05) is 13.1 Å². The maximum atomic E-state index is 12.2. The van der Waals surface area contributed by atoms with E-state index in [1.165, 1.54) is 11.1 Å². The monoisotopic (exact) mass is 273 g/mol. The summed E-state index contributed by atoms with van der Waals surface area (Å²) in [6.45, 7) is 4.56. The van der Waals surface area contributed by atoms with Crippen LogP contribution in [-0.2, 0) is 11.2 Å². The molecule has 3 rings (SSSR count). The molecule has 1 aliphatic carbocycles. The summed E-state index contributed by atoms with van der Waals surface area (Å²) >= 11 is 0. The first kappa shape index (κ1) is 13.6. The first-order valence-electron chi connectivity index (χ1n) is 7.63. The highest BCUT2D eigenvalue weighted by atomic mass is 16.2. The van der Waals surface area contributed by atoms with E-state index < -0.39 is 0 Å². The Labute approximate surface area is 120 Å². The van der Waals surface area contributed by atoms with Gasteiger partial charge < -0.3 is 10.6 Å². The zero-order valence-electron chi connectivity index (χ0n) is 11.9. The summed E-state index contributed by atoms with van der Waals surface area (Å²) in [4.78, 5) is 14.5. The van der Waals surface area contributed by atoms with E-state index in [0.29, 0.717) is 6.54 Å². The van der Waals surface area contributed by atoms with Crippen molar-refractivity contribution in [2.24, 2.45) is 0 Å². The largest absolute Gasteiger partial charge is 0.348 e. The van der Waals surface area contributed by atoms with Crippen molar-refractivity contribution >= 4 is 5.91 Å². The van der Waals surface area contributed by atoms with Crippen LogP contribution in [0.25, 0.3) is 0 Å². The molecule has 108 valence electrons. The lowest BCUT2D eigenvalue weighted by Gasteiger charge is -2.21. The number of hydrogen-bond acceptors (Lipinski definition) is 3. The first-order valence-corrected chi connectivity index (χ1v) is 7.63. The van der Waals surface area contributed by atoms with E-state index in [9.17, 15) is 4.79 Å². The molecule has 1 aliphatic heterocycles. The van der Waals surface area contributed by atoms with E-state index in [1.807, 2.05) is 0 Å². The molecule has 1 aromatic rings. The highest BCUT2D eigenvalue weighted by Gasteiger charge is 2.24. The topological polar surface area (TPSA) is 44.4 Å². The van der Waals surface area contributed by atoms with Gasteiger partial charge in [0.25, 0.3) is 0 Å². The summed E-state index contributed by atoms with van der Waals surface area (Å²) in [5.41, 5.74) is 2.69. The smallest absolute Gasteiger partial charge is 0.234 e. The van der Waals surface area contributed by atoms with Gasteiger partial charge in [-0.1, -0.05) is 24.3 Å². The van der Waals surface area contributed by atoms with Crippen LogP contribution in [0.3, 0.4) is 0 Å². The van der Waals surface area contributed by atoms with Gasteiger partial charge in [-0.15, -0.1) is 0 Å². The molecule has 1 heterocycles. The minimum Gasteiger partial charge on any atom is -0.348 e. The van der Waals surface area contributed by atoms with Gasteiger partial charge in [0.1, 0.15) is 0 Å². The fourth-order valence-corrected chi connectivity index (χ4v) is 3.21. The van der Waals surface area contributed by atoms with E-state index in [4.69, 9.17) is 0 Å². The Morgan fingerprint density at radius 2 is 2.20 bits per heavy atom. The quantitative estimate of drug-likeness (QED) is 0.866. The molecule has 0 bridgehead atoms. The van der Waals surface area contributed by atoms with E-state index in [2.05, 4.69) is 39.8 Å². The summed E-state index contributed by atoms with van der Waals surface area (Å²) in [5, 5.41) is 6.56. The molecule has 20 heavy (non-hydrogen) atoms. The second-order valence-corrected chi connectivity index (χ2v) is 5.74. The summed E-state index contributed by atoms with van der Waals surface area (Å²) in [6, 6.07) is 8.66. The van der Waals surface area contributed by atoms with Crippen molar-refractivity contribution in [1.82, 2.24) is 15.5 Å². The van der Waals surface area contributed by atoms with Crippen LogP contribution in [0.4, 0.5) is 0 Å². The lowest BCUT2D eigenvalue weighted by molar-refractivity contribution is -0.123. The molecule has 1 amide bonds. The van der Waals surface area contributed by atoms with Crippen molar-refractivity contribution in [3.05, 3.63) is 35.4 Å². The number of rotatable bonds is 3. The van der Waals surface area contributed by atoms with Crippen LogP contribution in [0.1, 0.15) is 30.0 Å². The third-order valence-corrected chi connectivity index (χ3v) is 4.27. The minimum absolute atomic E-state index is 0.161. The molecule has 4 heteroatoms. The summed E-state index contributed by atoms with van der Waals surface area (Å²) in [7, 11) is 0. The second-order valence-electron chi connectivity index (χ2n) is 5.74. The van der Waals surface area contributed by atoms with Gasteiger partial charge in [-0.05, 0) is 43.5 Å². The third-order valence-electron chi connectivity index (χ3n) is 4.27. The van der Waals surface area contributed by atoms with Gasteiger partial charge >= 0.3 is 0 Å². The number of nitrogens with zero attached hydrogens (tertiary/aromatic N) is 1. The van der Waals surface area contributed by atoms with Crippen molar-refractivity contribution in [2.45, 2.75) is 25.3 Å². The Bertz CT molecular complexity index is 467. The van der Waals surface area contributed by atoms with Crippen molar-refractivity contribution in [3.8, 4) is 0 Å². The van der Waals surface area contributed by atoms with Crippen LogP contribution in [0.5, 0.6) is 0 Å². The molecule has 1 aromatic carbocycles. The predicted octanol–water partition coefficient (Wildman–Crippen LogP) is 1.09. The van der Waals surface area contributed by atoms with Gasteiger partial charge in [0.05, 0.1) is 12.6 Å². The zero-order chi connectivity index (χ0) is 13.8. The molecule has 0 spiro atoms. The highest BCUT2D eigenvalue weighted by molar-refractivity contribution is 5.78. The van der Waals surface area contributed by atoms with Crippen LogP contribution in [-0.4, -0.2) is 43.5 Å². The molecule has 0 saturated carbocycles. The number of amides is 1. The summed E-state index contributed by atoms with van der Waals surface area (Å²) < 4.78 is 0. The fraction of sp³-hybridized carbons (Fsp3) is 0.562. The number of nitrogens with one attached hydrogen (secondary N) is 2. The molecule has 2 aliphatic rings. The van der Waals surface area contributed by atoms with Gasteiger partial charge in [-0.25, -0.2) is 0 Å². The normalized spacial score (nSPS) is 23.1. The average Bonchev–Trinajstić information content (AvgIpc) is 2.68. The number of benzene rings is 1. The van der Waals surface area contributed by atoms with E-state index >= 15 is 0 Å². The molecular formula is C16H23N3O. The van der Waals surface area contributed by atoms with Crippen LogP contribution >= 0.6 is 0 Å². The van der Waals surface area contributed by atoms with E-state index in [0.717, 1.165) is 45.4 Å². The lowest BCUT2D eigenvalue weighted by atomic mass is 10.1. The van der Waals surface area contributed by atoms with Crippen molar-refractivity contribution in [2.75, 3.05) is 32.7 Å². The van der Waals surface area contributed by atoms with Gasteiger partial charge in [-0.2, -0.15) is 0 Å². The highest BCUT2D eigenvalue weighted by Crippen LogP contribution is 2.30. The summed E-state index contributed by atoms with van der Waals surface area (Å²) in [6.07, 6.45) is 3.24. The lowest BCUT2D eigenvalue weighted by Crippen LogP contribution is -2.39. The van der Waals surface area contributed by atoms with E-state index in [-0.39, 0.29) is 11.9 Å². The van der Waals surface area contributed by atoms with Crippen LogP contribution in [0.15, 0.2) is 24.3 Å². The number of aryl methyl sites for hydroxylation is 1. The molecule has 4 nitrogen and oxygen atoms in total. The number of hydrogen-bond donors (Lipinski definition) is 2. The standard InChI is InChI=1S/C16H23N3O/c20-16(12-19-10-3-8-17-9-11-19)18-15-7-6-13-4-1-2-5-14(13)15/h1-2,4-5,15,17H,3,6-12H2,(H,18,20). The average molecular weight is 273 g/mol. The molecule has 1 unspecified atom stereocenters. The number of carbonyl (C=O) groups is 1.